The number of piperidine rings is 2. The number of hydrogen-bond acceptors (Lipinski definition) is 3. The summed E-state index contributed by atoms with van der Waals surface area (Å²) in [6.07, 6.45) is 6.33. The Hall–Kier alpha value is -1.88. The van der Waals surface area contributed by atoms with E-state index in [9.17, 15) is 9.59 Å². The molecule has 1 aromatic rings. The SMILES string of the molecule is CC(=O)N1CCC(C(=O)NCCCN2CCCCC2)(c2ccccc2)CC1. The molecule has 3 rings (SSSR count). The van der Waals surface area contributed by atoms with Crippen molar-refractivity contribution in [1.29, 1.82) is 0 Å². The third-order valence-corrected chi connectivity index (χ3v) is 6.21. The lowest BCUT2D eigenvalue weighted by atomic mass is 9.72. The highest BCUT2D eigenvalue weighted by molar-refractivity contribution is 5.88. The van der Waals surface area contributed by atoms with Crippen LogP contribution in [-0.2, 0) is 15.0 Å². The van der Waals surface area contributed by atoms with Gasteiger partial charge in [0.05, 0.1) is 5.41 Å². The van der Waals surface area contributed by atoms with E-state index in [1.807, 2.05) is 23.1 Å². The molecule has 0 radical (unpaired) electrons. The van der Waals surface area contributed by atoms with E-state index < -0.39 is 5.41 Å². The van der Waals surface area contributed by atoms with Crippen LogP contribution in [0, 0.1) is 0 Å². The van der Waals surface area contributed by atoms with E-state index >= 15 is 0 Å². The monoisotopic (exact) mass is 371 g/mol. The van der Waals surface area contributed by atoms with Crippen molar-refractivity contribution in [3.8, 4) is 0 Å². The van der Waals surface area contributed by atoms with Gasteiger partial charge in [0.2, 0.25) is 11.8 Å². The molecule has 0 atom stereocenters. The molecule has 1 N–H and O–H groups in total. The number of carbonyl (C=O) groups excluding carboxylic acids is 2. The van der Waals surface area contributed by atoms with Gasteiger partial charge in [-0.2, -0.15) is 0 Å². The predicted octanol–water partition coefficient (Wildman–Crippen LogP) is 2.56. The highest BCUT2D eigenvalue weighted by Gasteiger charge is 2.43. The Kier molecular flexibility index (Phi) is 6.89. The summed E-state index contributed by atoms with van der Waals surface area (Å²) >= 11 is 0. The van der Waals surface area contributed by atoms with Gasteiger partial charge in [-0.15, -0.1) is 0 Å². The van der Waals surface area contributed by atoms with E-state index in [1.54, 1.807) is 6.92 Å². The van der Waals surface area contributed by atoms with Crippen molar-refractivity contribution in [3.63, 3.8) is 0 Å². The molecule has 148 valence electrons. The largest absolute Gasteiger partial charge is 0.355 e. The third kappa shape index (κ3) is 4.89. The van der Waals surface area contributed by atoms with Crippen molar-refractivity contribution in [1.82, 2.24) is 15.1 Å². The Morgan fingerprint density at radius 3 is 2.30 bits per heavy atom. The Labute approximate surface area is 163 Å². The van der Waals surface area contributed by atoms with Crippen molar-refractivity contribution in [2.75, 3.05) is 39.3 Å². The number of hydrogen-bond donors (Lipinski definition) is 1. The lowest BCUT2D eigenvalue weighted by molar-refractivity contribution is -0.135. The van der Waals surface area contributed by atoms with Gasteiger partial charge in [-0.05, 0) is 57.3 Å². The van der Waals surface area contributed by atoms with Gasteiger partial charge in [0.25, 0.3) is 0 Å². The molecular weight excluding hydrogens is 338 g/mol. The molecule has 5 nitrogen and oxygen atoms in total. The quantitative estimate of drug-likeness (QED) is 0.782. The number of benzene rings is 1. The lowest BCUT2D eigenvalue weighted by Crippen LogP contribution is -2.52. The maximum Gasteiger partial charge on any atom is 0.230 e. The van der Waals surface area contributed by atoms with Crippen LogP contribution in [0.2, 0.25) is 0 Å². The highest BCUT2D eigenvalue weighted by atomic mass is 16.2. The molecule has 2 aliphatic rings. The normalized spacial score (nSPS) is 20.3. The molecule has 2 fully saturated rings. The first-order valence-electron chi connectivity index (χ1n) is 10.4. The first-order valence-corrected chi connectivity index (χ1v) is 10.4. The molecule has 0 saturated carbocycles. The summed E-state index contributed by atoms with van der Waals surface area (Å²) in [6, 6.07) is 10.1. The van der Waals surface area contributed by atoms with Gasteiger partial charge in [-0.25, -0.2) is 0 Å². The van der Waals surface area contributed by atoms with Crippen LogP contribution in [-0.4, -0.2) is 60.9 Å². The van der Waals surface area contributed by atoms with Gasteiger partial charge in [-0.1, -0.05) is 36.8 Å². The third-order valence-electron chi connectivity index (χ3n) is 6.21. The van der Waals surface area contributed by atoms with Crippen LogP contribution in [0.3, 0.4) is 0 Å². The van der Waals surface area contributed by atoms with Gasteiger partial charge in [-0.3, -0.25) is 9.59 Å². The van der Waals surface area contributed by atoms with E-state index in [0.717, 1.165) is 25.1 Å². The van der Waals surface area contributed by atoms with Gasteiger partial charge < -0.3 is 15.1 Å². The lowest BCUT2D eigenvalue weighted by Gasteiger charge is -2.41. The zero-order valence-corrected chi connectivity index (χ0v) is 16.6. The second-order valence-corrected chi connectivity index (χ2v) is 7.97. The van der Waals surface area contributed by atoms with Crippen LogP contribution < -0.4 is 5.32 Å². The summed E-state index contributed by atoms with van der Waals surface area (Å²) in [5.41, 5.74) is 0.556. The fraction of sp³-hybridized carbons (Fsp3) is 0.636. The average Bonchev–Trinajstić information content (AvgIpc) is 2.72. The fourth-order valence-electron chi connectivity index (χ4n) is 4.46. The topological polar surface area (TPSA) is 52.7 Å². The highest BCUT2D eigenvalue weighted by Crippen LogP contribution is 2.36. The van der Waals surface area contributed by atoms with Gasteiger partial charge in [0, 0.05) is 26.6 Å². The maximum atomic E-state index is 13.2. The molecular formula is C22H33N3O2. The molecule has 2 saturated heterocycles. The number of likely N-dealkylation sites (tertiary alicyclic amines) is 2. The van der Waals surface area contributed by atoms with Gasteiger partial charge in [0.1, 0.15) is 0 Å². The van der Waals surface area contributed by atoms with Crippen molar-refractivity contribution in [2.24, 2.45) is 0 Å². The Bertz CT molecular complexity index is 618. The summed E-state index contributed by atoms with van der Waals surface area (Å²) in [5, 5.41) is 3.21. The Balaban J connectivity index is 1.59. The van der Waals surface area contributed by atoms with Crippen molar-refractivity contribution in [3.05, 3.63) is 35.9 Å². The van der Waals surface area contributed by atoms with Crippen LogP contribution in [0.1, 0.15) is 51.0 Å². The summed E-state index contributed by atoms with van der Waals surface area (Å²) in [7, 11) is 0. The second-order valence-electron chi connectivity index (χ2n) is 7.97. The molecule has 0 spiro atoms. The molecule has 27 heavy (non-hydrogen) atoms. The first kappa shape index (κ1) is 19.9. The minimum atomic E-state index is -0.516. The first-order chi connectivity index (χ1) is 13.1. The summed E-state index contributed by atoms with van der Waals surface area (Å²) < 4.78 is 0. The summed E-state index contributed by atoms with van der Waals surface area (Å²) in [4.78, 5) is 29.3. The molecule has 5 heteroatoms. The smallest absolute Gasteiger partial charge is 0.230 e. The van der Waals surface area contributed by atoms with E-state index in [-0.39, 0.29) is 11.8 Å². The van der Waals surface area contributed by atoms with E-state index in [2.05, 4.69) is 22.3 Å². The molecule has 0 unspecified atom stereocenters. The Morgan fingerprint density at radius 2 is 1.67 bits per heavy atom. The van der Waals surface area contributed by atoms with Gasteiger partial charge in [0.15, 0.2) is 0 Å². The van der Waals surface area contributed by atoms with Crippen molar-refractivity contribution >= 4 is 11.8 Å². The van der Waals surface area contributed by atoms with Crippen molar-refractivity contribution in [2.45, 2.75) is 50.9 Å². The summed E-state index contributed by atoms with van der Waals surface area (Å²) in [6.45, 7) is 7.08. The number of nitrogens with zero attached hydrogens (tertiary/aromatic N) is 2. The Morgan fingerprint density at radius 1 is 1.00 bits per heavy atom. The second kappa shape index (κ2) is 9.36. The van der Waals surface area contributed by atoms with Gasteiger partial charge >= 0.3 is 0 Å². The van der Waals surface area contributed by atoms with Crippen molar-refractivity contribution < 1.29 is 9.59 Å². The molecule has 1 aromatic carbocycles. The number of amides is 2. The molecule has 2 heterocycles. The maximum absolute atomic E-state index is 13.2. The average molecular weight is 372 g/mol. The molecule has 2 aliphatic heterocycles. The van der Waals surface area contributed by atoms with Crippen LogP contribution in [0.5, 0.6) is 0 Å². The van der Waals surface area contributed by atoms with Crippen LogP contribution >= 0.6 is 0 Å². The minimum Gasteiger partial charge on any atom is -0.355 e. The van der Waals surface area contributed by atoms with Crippen LogP contribution in [0.25, 0.3) is 0 Å². The van der Waals surface area contributed by atoms with E-state index in [0.29, 0.717) is 25.9 Å². The molecule has 2 amide bonds. The van der Waals surface area contributed by atoms with Crippen LogP contribution in [0.4, 0.5) is 0 Å². The standard InChI is InChI=1S/C22H33N3O2/c1-19(26)25-17-11-22(12-18-25,20-9-4-2-5-10-20)21(27)23-13-8-16-24-14-6-3-7-15-24/h2,4-5,9-10H,3,6-8,11-18H2,1H3,(H,23,27). The predicted molar refractivity (Wildman–Crippen MR) is 108 cm³/mol. The molecule has 0 aliphatic carbocycles. The zero-order chi connectivity index (χ0) is 19.1. The fourth-order valence-corrected chi connectivity index (χ4v) is 4.46. The zero-order valence-electron chi connectivity index (χ0n) is 16.6. The minimum absolute atomic E-state index is 0.0959. The van der Waals surface area contributed by atoms with E-state index in [1.165, 1.54) is 32.4 Å². The summed E-state index contributed by atoms with van der Waals surface area (Å²) in [5.74, 6) is 0.217. The molecule has 0 aromatic heterocycles. The number of rotatable bonds is 6. The molecule has 0 bridgehead atoms. The number of nitrogens with one attached hydrogen (secondary N) is 1. The van der Waals surface area contributed by atoms with Crippen LogP contribution in [0.15, 0.2) is 30.3 Å². The number of carbonyl (C=O) groups is 2. The van der Waals surface area contributed by atoms with E-state index in [4.69, 9.17) is 0 Å².